The zero-order valence-corrected chi connectivity index (χ0v) is 16.3. The highest BCUT2D eigenvalue weighted by Crippen LogP contribution is 2.55. The van der Waals surface area contributed by atoms with Crippen molar-refractivity contribution in [1.82, 2.24) is 0 Å². The minimum atomic E-state index is -2.11. The summed E-state index contributed by atoms with van der Waals surface area (Å²) in [5.74, 6) is -3.99. The summed E-state index contributed by atoms with van der Waals surface area (Å²) in [7, 11) is 0. The number of fused-ring (bicyclic) bond motifs is 3. The standard InChI is InChI=1S/C19H25ClO8/c1-8-4-11(27-17(24)18(3,25)7-21)13-9(2)16(23)28-15(13)14-10(8)5-12(22)19(14,26)6-20/h10-15,21-22,25-26H,1-2,4-7H2,3H3/t10-,11-,12+,13+,14-,15-,18+,19+/m0/s1. The van der Waals surface area contributed by atoms with Gasteiger partial charge in [0.15, 0.2) is 5.60 Å². The van der Waals surface area contributed by atoms with Crippen molar-refractivity contribution in [2.45, 2.75) is 49.3 Å². The minimum Gasteiger partial charge on any atom is -0.459 e. The molecule has 0 spiro atoms. The van der Waals surface area contributed by atoms with Crippen LogP contribution in [0.15, 0.2) is 24.3 Å². The topological polar surface area (TPSA) is 134 Å². The van der Waals surface area contributed by atoms with Crippen LogP contribution in [-0.4, -0.2) is 74.4 Å². The van der Waals surface area contributed by atoms with Crippen molar-refractivity contribution in [3.63, 3.8) is 0 Å². The van der Waals surface area contributed by atoms with Crippen molar-refractivity contribution in [1.29, 1.82) is 0 Å². The van der Waals surface area contributed by atoms with Crippen LogP contribution in [-0.2, 0) is 19.1 Å². The number of hydrogen-bond acceptors (Lipinski definition) is 8. The van der Waals surface area contributed by atoms with E-state index in [0.29, 0.717) is 5.57 Å². The lowest BCUT2D eigenvalue weighted by Gasteiger charge is -2.37. The average Bonchev–Trinajstić information content (AvgIpc) is 3.04. The van der Waals surface area contributed by atoms with Crippen LogP contribution in [0.5, 0.6) is 0 Å². The summed E-state index contributed by atoms with van der Waals surface area (Å²) in [4.78, 5) is 24.6. The molecule has 1 saturated heterocycles. The second-order valence-corrected chi connectivity index (χ2v) is 8.43. The van der Waals surface area contributed by atoms with Crippen molar-refractivity contribution >= 4 is 23.5 Å². The van der Waals surface area contributed by atoms with Crippen LogP contribution in [0.1, 0.15) is 19.8 Å². The van der Waals surface area contributed by atoms with Gasteiger partial charge >= 0.3 is 11.9 Å². The van der Waals surface area contributed by atoms with E-state index in [0.717, 1.165) is 6.92 Å². The van der Waals surface area contributed by atoms with Gasteiger partial charge in [-0.25, -0.2) is 9.59 Å². The molecule has 0 radical (unpaired) electrons. The van der Waals surface area contributed by atoms with E-state index in [4.69, 9.17) is 21.1 Å². The third-order valence-electron chi connectivity index (χ3n) is 6.29. The molecule has 0 amide bonds. The molecule has 8 nitrogen and oxygen atoms in total. The Hall–Kier alpha value is -1.45. The lowest BCUT2D eigenvalue weighted by Crippen LogP contribution is -2.52. The first-order chi connectivity index (χ1) is 13.0. The van der Waals surface area contributed by atoms with Gasteiger partial charge in [0.25, 0.3) is 0 Å². The number of ether oxygens (including phenoxy) is 2. The van der Waals surface area contributed by atoms with Gasteiger partial charge in [0.1, 0.15) is 17.8 Å². The number of aliphatic hydroxyl groups excluding tert-OH is 2. The summed E-state index contributed by atoms with van der Waals surface area (Å²) in [6, 6.07) is 0. The predicted octanol–water partition coefficient (Wildman–Crippen LogP) is -0.334. The Labute approximate surface area is 167 Å². The molecule has 8 atom stereocenters. The lowest BCUT2D eigenvalue weighted by molar-refractivity contribution is -0.177. The SMILES string of the molecule is C=C1C(=O)O[C@H]2[C@H]1[C@@H](OC(=O)[C@](C)(O)CO)CC(=C)[C@@H]1C[C@@H](O)[C@](O)(CCl)[C@H]21. The highest BCUT2D eigenvalue weighted by atomic mass is 35.5. The molecule has 2 aliphatic carbocycles. The zero-order valence-electron chi connectivity index (χ0n) is 15.5. The van der Waals surface area contributed by atoms with Crippen LogP contribution < -0.4 is 0 Å². The molecule has 2 saturated carbocycles. The molecule has 1 aliphatic heterocycles. The van der Waals surface area contributed by atoms with E-state index in [-0.39, 0.29) is 24.3 Å². The highest BCUT2D eigenvalue weighted by molar-refractivity contribution is 6.18. The van der Waals surface area contributed by atoms with E-state index in [1.54, 1.807) is 0 Å². The molecule has 28 heavy (non-hydrogen) atoms. The van der Waals surface area contributed by atoms with Crippen LogP contribution in [0.3, 0.4) is 0 Å². The molecule has 3 aliphatic rings. The number of halogens is 1. The summed E-state index contributed by atoms with van der Waals surface area (Å²) in [6.07, 6.45) is -2.70. The molecule has 4 N–H and O–H groups in total. The van der Waals surface area contributed by atoms with Gasteiger partial charge < -0.3 is 29.9 Å². The second-order valence-electron chi connectivity index (χ2n) is 8.17. The van der Waals surface area contributed by atoms with Crippen molar-refractivity contribution in [3.8, 4) is 0 Å². The van der Waals surface area contributed by atoms with E-state index in [2.05, 4.69) is 13.2 Å². The number of aliphatic hydroxyl groups is 4. The maximum Gasteiger partial charge on any atom is 0.340 e. The van der Waals surface area contributed by atoms with Gasteiger partial charge in [-0.15, -0.1) is 11.6 Å². The summed E-state index contributed by atoms with van der Waals surface area (Å²) in [5.41, 5.74) is -3.15. The number of alkyl halides is 1. The summed E-state index contributed by atoms with van der Waals surface area (Å²) >= 11 is 5.98. The van der Waals surface area contributed by atoms with Gasteiger partial charge in [0.05, 0.1) is 24.5 Å². The van der Waals surface area contributed by atoms with Gasteiger partial charge in [-0.3, -0.25) is 0 Å². The number of rotatable bonds is 4. The lowest BCUT2D eigenvalue weighted by atomic mass is 9.76. The van der Waals surface area contributed by atoms with Gasteiger partial charge in [0, 0.05) is 17.9 Å². The molecule has 0 bridgehead atoms. The molecule has 1 heterocycles. The van der Waals surface area contributed by atoms with Gasteiger partial charge in [-0.05, 0) is 19.3 Å². The molecule has 156 valence electrons. The molecule has 0 aromatic carbocycles. The Morgan fingerprint density at radius 2 is 2.11 bits per heavy atom. The molecule has 0 unspecified atom stereocenters. The first kappa shape index (κ1) is 21.3. The highest BCUT2D eigenvalue weighted by Gasteiger charge is 2.64. The predicted molar refractivity (Wildman–Crippen MR) is 97.1 cm³/mol. The van der Waals surface area contributed by atoms with Crippen molar-refractivity contribution in [3.05, 3.63) is 24.3 Å². The van der Waals surface area contributed by atoms with E-state index in [1.807, 2.05) is 0 Å². The monoisotopic (exact) mass is 416 g/mol. The van der Waals surface area contributed by atoms with E-state index < -0.39 is 65.8 Å². The number of hydrogen-bond donors (Lipinski definition) is 4. The number of carbonyl (C=O) groups is 2. The van der Waals surface area contributed by atoms with Crippen LogP contribution in [0, 0.1) is 17.8 Å². The summed E-state index contributed by atoms with van der Waals surface area (Å²) < 4.78 is 10.9. The summed E-state index contributed by atoms with van der Waals surface area (Å²) in [5, 5.41) is 40.6. The number of esters is 2. The third kappa shape index (κ3) is 3.07. The second kappa shape index (κ2) is 7.11. The Kier molecular flexibility index (Phi) is 5.40. The molecule has 3 rings (SSSR count). The maximum absolute atomic E-state index is 12.3. The fraction of sp³-hybridized carbons (Fsp3) is 0.684. The molecule has 3 fully saturated rings. The molecular formula is C19H25ClO8. The van der Waals surface area contributed by atoms with Gasteiger partial charge in [-0.1, -0.05) is 18.7 Å². The Morgan fingerprint density at radius 1 is 1.46 bits per heavy atom. The first-order valence-electron chi connectivity index (χ1n) is 9.06. The van der Waals surface area contributed by atoms with E-state index in [1.165, 1.54) is 0 Å². The van der Waals surface area contributed by atoms with Gasteiger partial charge in [0.2, 0.25) is 0 Å². The zero-order chi connectivity index (χ0) is 21.0. The molecule has 0 aromatic rings. The quantitative estimate of drug-likeness (QED) is 0.212. The third-order valence-corrected chi connectivity index (χ3v) is 6.72. The molecule has 9 heteroatoms. The van der Waals surface area contributed by atoms with Crippen LogP contribution in [0.2, 0.25) is 0 Å². The van der Waals surface area contributed by atoms with Gasteiger partial charge in [-0.2, -0.15) is 0 Å². The normalized spacial score (nSPS) is 42.3. The molecule has 0 aromatic heterocycles. The Morgan fingerprint density at radius 3 is 2.68 bits per heavy atom. The van der Waals surface area contributed by atoms with Crippen LogP contribution in [0.25, 0.3) is 0 Å². The van der Waals surface area contributed by atoms with E-state index >= 15 is 0 Å². The largest absolute Gasteiger partial charge is 0.459 e. The van der Waals surface area contributed by atoms with Crippen molar-refractivity contribution < 1.29 is 39.5 Å². The minimum absolute atomic E-state index is 0.0678. The average molecular weight is 417 g/mol. The fourth-order valence-corrected chi connectivity index (χ4v) is 4.95. The maximum atomic E-state index is 12.3. The fourth-order valence-electron chi connectivity index (χ4n) is 4.59. The smallest absolute Gasteiger partial charge is 0.340 e. The van der Waals surface area contributed by atoms with E-state index in [9.17, 15) is 30.0 Å². The number of carbonyl (C=O) groups excluding carboxylic acids is 2. The van der Waals surface area contributed by atoms with Crippen LogP contribution >= 0.6 is 11.6 Å². The molecular weight excluding hydrogens is 392 g/mol. The van der Waals surface area contributed by atoms with Crippen molar-refractivity contribution in [2.24, 2.45) is 17.8 Å². The first-order valence-corrected chi connectivity index (χ1v) is 9.59. The Bertz CT molecular complexity index is 719. The summed E-state index contributed by atoms with van der Waals surface area (Å²) in [6.45, 7) is 8.04. The Balaban J connectivity index is 2.01. The van der Waals surface area contributed by atoms with Crippen LogP contribution in [0.4, 0.5) is 0 Å². The van der Waals surface area contributed by atoms with Crippen molar-refractivity contribution in [2.75, 3.05) is 12.5 Å².